The van der Waals surface area contributed by atoms with Crippen molar-refractivity contribution in [1.82, 2.24) is 15.2 Å². The molecule has 8 nitrogen and oxygen atoms in total. The summed E-state index contributed by atoms with van der Waals surface area (Å²) in [6.45, 7) is 2.11. The van der Waals surface area contributed by atoms with Crippen LogP contribution < -0.4 is 5.32 Å². The van der Waals surface area contributed by atoms with E-state index >= 15 is 0 Å². The lowest BCUT2D eigenvalue weighted by Crippen LogP contribution is -2.03. The van der Waals surface area contributed by atoms with Crippen LogP contribution in [-0.2, 0) is 6.54 Å². The Kier molecular flexibility index (Phi) is 3.38. The Morgan fingerprint density at radius 3 is 2.95 bits per heavy atom. The molecule has 0 aliphatic heterocycles. The number of H-pyrrole nitrogens is 1. The van der Waals surface area contributed by atoms with Crippen LogP contribution in [-0.4, -0.2) is 20.1 Å². The van der Waals surface area contributed by atoms with E-state index in [1.807, 2.05) is 6.07 Å². The fourth-order valence-corrected chi connectivity index (χ4v) is 1.53. The Balaban J connectivity index is 2.16. The van der Waals surface area contributed by atoms with Gasteiger partial charge >= 0.3 is 0 Å². The third kappa shape index (κ3) is 2.84. The Morgan fingerprint density at radius 2 is 2.37 bits per heavy atom. The van der Waals surface area contributed by atoms with E-state index in [-0.39, 0.29) is 11.3 Å². The van der Waals surface area contributed by atoms with E-state index in [0.29, 0.717) is 23.9 Å². The highest BCUT2D eigenvalue weighted by Gasteiger charge is 2.10. The highest BCUT2D eigenvalue weighted by molar-refractivity contribution is 5.61. The van der Waals surface area contributed by atoms with Crippen LogP contribution in [0.2, 0.25) is 0 Å². The molecule has 0 fully saturated rings. The fourth-order valence-electron chi connectivity index (χ4n) is 1.53. The van der Waals surface area contributed by atoms with Crippen molar-refractivity contribution < 1.29 is 4.92 Å². The molecule has 2 N–H and O–H groups in total. The monoisotopic (exact) mass is 258 g/mol. The number of nitriles is 1. The maximum atomic E-state index is 10.6. The first-order valence-corrected chi connectivity index (χ1v) is 5.40. The highest BCUT2D eigenvalue weighted by atomic mass is 16.6. The number of aromatic amines is 1. The van der Waals surface area contributed by atoms with Crippen LogP contribution in [0.4, 0.5) is 11.4 Å². The van der Waals surface area contributed by atoms with Crippen LogP contribution in [0.25, 0.3) is 0 Å². The van der Waals surface area contributed by atoms with Crippen LogP contribution in [0.3, 0.4) is 0 Å². The number of benzene rings is 1. The van der Waals surface area contributed by atoms with Crippen molar-refractivity contribution >= 4 is 11.4 Å². The number of aromatic nitrogens is 3. The number of hydrogen-bond donors (Lipinski definition) is 2. The van der Waals surface area contributed by atoms with E-state index in [4.69, 9.17) is 5.26 Å². The molecule has 0 unspecified atom stereocenters. The Hall–Kier alpha value is -2.95. The van der Waals surface area contributed by atoms with Crippen molar-refractivity contribution in [3.8, 4) is 6.07 Å². The number of non-ortho nitro benzene ring substituents is 1. The summed E-state index contributed by atoms with van der Waals surface area (Å²) in [5, 5.41) is 29.2. The van der Waals surface area contributed by atoms with Gasteiger partial charge < -0.3 is 5.32 Å². The van der Waals surface area contributed by atoms with E-state index in [2.05, 4.69) is 20.5 Å². The predicted molar refractivity (Wildman–Crippen MR) is 66.3 cm³/mol. The van der Waals surface area contributed by atoms with Gasteiger partial charge in [-0.1, -0.05) is 0 Å². The van der Waals surface area contributed by atoms with E-state index in [1.54, 1.807) is 6.92 Å². The smallest absolute Gasteiger partial charge is 0.270 e. The average Bonchev–Trinajstić information content (AvgIpc) is 2.81. The van der Waals surface area contributed by atoms with E-state index in [9.17, 15) is 10.1 Å². The van der Waals surface area contributed by atoms with Crippen LogP contribution in [0.1, 0.15) is 17.2 Å². The van der Waals surface area contributed by atoms with Gasteiger partial charge in [-0.05, 0) is 13.0 Å². The van der Waals surface area contributed by atoms with Crippen LogP contribution >= 0.6 is 0 Å². The summed E-state index contributed by atoms with van der Waals surface area (Å²) in [6, 6.07) is 5.98. The average molecular weight is 258 g/mol. The summed E-state index contributed by atoms with van der Waals surface area (Å²) < 4.78 is 0. The lowest BCUT2D eigenvalue weighted by molar-refractivity contribution is -0.384. The van der Waals surface area contributed by atoms with E-state index in [1.165, 1.54) is 18.2 Å². The van der Waals surface area contributed by atoms with Gasteiger partial charge in [0, 0.05) is 12.1 Å². The highest BCUT2D eigenvalue weighted by Crippen LogP contribution is 2.21. The number of nitrogens with zero attached hydrogens (tertiary/aromatic N) is 4. The minimum absolute atomic E-state index is 0.115. The number of nitro benzene ring substituents is 1. The van der Waals surface area contributed by atoms with Gasteiger partial charge in [-0.2, -0.15) is 10.4 Å². The molecule has 1 aromatic carbocycles. The summed E-state index contributed by atoms with van der Waals surface area (Å²) in [7, 11) is 0. The van der Waals surface area contributed by atoms with Gasteiger partial charge in [0.05, 0.1) is 22.7 Å². The molecule has 2 aromatic rings. The third-order valence-electron chi connectivity index (χ3n) is 2.41. The van der Waals surface area contributed by atoms with Crippen molar-refractivity contribution in [2.75, 3.05) is 5.32 Å². The Bertz CT molecular complexity index is 657. The molecule has 0 spiro atoms. The summed E-state index contributed by atoms with van der Waals surface area (Å²) in [4.78, 5) is 14.2. The van der Waals surface area contributed by atoms with Crippen molar-refractivity contribution in [2.45, 2.75) is 13.5 Å². The Labute approximate surface area is 108 Å². The molecule has 0 atom stereocenters. The zero-order chi connectivity index (χ0) is 13.8. The first-order valence-electron chi connectivity index (χ1n) is 5.40. The molecule has 19 heavy (non-hydrogen) atoms. The molecule has 0 radical (unpaired) electrons. The largest absolute Gasteiger partial charge is 0.377 e. The second-order valence-electron chi connectivity index (χ2n) is 3.79. The molecule has 1 heterocycles. The molecule has 96 valence electrons. The predicted octanol–water partition coefficient (Wildman–Crippen LogP) is 1.51. The number of nitrogens with one attached hydrogen (secondary N) is 2. The SMILES string of the molecule is Cc1nc(CNc2ccc([N+](=O)[O-])cc2C#N)n[nH]1. The molecule has 2 rings (SSSR count). The zero-order valence-electron chi connectivity index (χ0n) is 10.0. The van der Waals surface area contributed by atoms with E-state index in [0.717, 1.165) is 0 Å². The lowest BCUT2D eigenvalue weighted by atomic mass is 10.1. The molecule has 0 aliphatic rings. The van der Waals surface area contributed by atoms with Crippen molar-refractivity contribution in [1.29, 1.82) is 5.26 Å². The van der Waals surface area contributed by atoms with Gasteiger partial charge in [0.15, 0.2) is 5.82 Å². The van der Waals surface area contributed by atoms with Crippen molar-refractivity contribution in [3.63, 3.8) is 0 Å². The molecule has 0 saturated carbocycles. The fraction of sp³-hybridized carbons (Fsp3) is 0.182. The van der Waals surface area contributed by atoms with E-state index < -0.39 is 4.92 Å². The van der Waals surface area contributed by atoms with Gasteiger partial charge in [-0.3, -0.25) is 15.2 Å². The number of rotatable bonds is 4. The summed E-state index contributed by atoms with van der Waals surface area (Å²) in [5.74, 6) is 1.25. The van der Waals surface area contributed by atoms with Crippen LogP contribution in [0, 0.1) is 28.4 Å². The van der Waals surface area contributed by atoms with Crippen LogP contribution in [0.5, 0.6) is 0 Å². The Morgan fingerprint density at radius 1 is 1.58 bits per heavy atom. The van der Waals surface area contributed by atoms with Gasteiger partial charge in [-0.25, -0.2) is 4.98 Å². The van der Waals surface area contributed by atoms with Crippen molar-refractivity contribution in [2.24, 2.45) is 0 Å². The third-order valence-corrected chi connectivity index (χ3v) is 2.41. The van der Waals surface area contributed by atoms with Gasteiger partial charge in [0.1, 0.15) is 11.9 Å². The van der Waals surface area contributed by atoms with Gasteiger partial charge in [0.2, 0.25) is 0 Å². The molecule has 0 saturated heterocycles. The van der Waals surface area contributed by atoms with Crippen LogP contribution in [0.15, 0.2) is 18.2 Å². The molecule has 8 heteroatoms. The first kappa shape index (κ1) is 12.5. The molecular formula is C11H10N6O2. The number of nitro groups is 1. The minimum atomic E-state index is -0.538. The number of aryl methyl sites for hydroxylation is 1. The molecule has 0 bridgehead atoms. The normalized spacial score (nSPS) is 9.89. The molecule has 1 aromatic heterocycles. The lowest BCUT2D eigenvalue weighted by Gasteiger charge is -2.05. The summed E-state index contributed by atoms with van der Waals surface area (Å²) in [6.07, 6.45) is 0. The maximum Gasteiger partial charge on any atom is 0.270 e. The standard InChI is InChI=1S/C11H10N6O2/c1-7-14-11(16-15-7)6-13-10-3-2-9(17(18)19)4-8(10)5-12/h2-4,13H,6H2,1H3,(H,14,15,16). The number of hydrogen-bond acceptors (Lipinski definition) is 6. The van der Waals surface area contributed by atoms with Gasteiger partial charge in [0.25, 0.3) is 5.69 Å². The minimum Gasteiger partial charge on any atom is -0.377 e. The quantitative estimate of drug-likeness (QED) is 0.633. The molecular weight excluding hydrogens is 248 g/mol. The number of anilines is 1. The molecule has 0 amide bonds. The maximum absolute atomic E-state index is 10.6. The topological polar surface area (TPSA) is 121 Å². The van der Waals surface area contributed by atoms with Crippen molar-refractivity contribution in [3.05, 3.63) is 45.5 Å². The second kappa shape index (κ2) is 5.14. The van der Waals surface area contributed by atoms with Gasteiger partial charge in [-0.15, -0.1) is 0 Å². The first-order chi connectivity index (χ1) is 9.10. The zero-order valence-corrected chi connectivity index (χ0v) is 10.0. The summed E-state index contributed by atoms with van der Waals surface area (Å²) >= 11 is 0. The summed E-state index contributed by atoms with van der Waals surface area (Å²) in [5.41, 5.74) is 0.604. The molecule has 0 aliphatic carbocycles. The second-order valence-corrected chi connectivity index (χ2v) is 3.79.